The van der Waals surface area contributed by atoms with Crippen LogP contribution in [0.25, 0.3) is 15.3 Å². The van der Waals surface area contributed by atoms with Crippen molar-refractivity contribution in [1.82, 2.24) is 24.5 Å². The number of carbonyl (C=O) groups excluding carboxylic acids is 1. The van der Waals surface area contributed by atoms with Crippen LogP contribution < -0.4 is 10.1 Å². The zero-order valence-electron chi connectivity index (χ0n) is 14.7. The number of hydrogen-bond donors (Lipinski definition) is 1. The number of amides is 1. The molecule has 1 amide bonds. The second kappa shape index (κ2) is 6.47. The average Bonchev–Trinajstić information content (AvgIpc) is 3.31. The van der Waals surface area contributed by atoms with Gasteiger partial charge in [0.05, 0.1) is 17.5 Å². The van der Waals surface area contributed by atoms with Crippen molar-refractivity contribution in [3.8, 4) is 11.0 Å². The van der Waals surface area contributed by atoms with Gasteiger partial charge in [0.1, 0.15) is 22.7 Å². The van der Waals surface area contributed by atoms with Crippen molar-refractivity contribution in [3.63, 3.8) is 0 Å². The third-order valence-corrected chi connectivity index (χ3v) is 4.84. The highest BCUT2D eigenvalue weighted by Crippen LogP contribution is 2.29. The molecule has 4 rings (SSSR count). The number of aryl methyl sites for hydroxylation is 2. The minimum absolute atomic E-state index is 0.222. The molecule has 3 aromatic heterocycles. The van der Waals surface area contributed by atoms with Crippen LogP contribution in [0.1, 0.15) is 16.1 Å². The van der Waals surface area contributed by atoms with Gasteiger partial charge in [-0.1, -0.05) is 17.4 Å². The van der Waals surface area contributed by atoms with Crippen LogP contribution in [0.5, 0.6) is 5.88 Å². The van der Waals surface area contributed by atoms with Crippen molar-refractivity contribution in [2.24, 2.45) is 7.05 Å². The maximum atomic E-state index is 14.0. The van der Waals surface area contributed by atoms with Crippen LogP contribution in [0.3, 0.4) is 0 Å². The molecule has 1 N–H and O–H groups in total. The fourth-order valence-corrected chi connectivity index (χ4v) is 3.63. The second-order valence-electron chi connectivity index (χ2n) is 5.85. The van der Waals surface area contributed by atoms with Crippen LogP contribution in [-0.4, -0.2) is 37.6 Å². The Morgan fingerprint density at radius 3 is 2.89 bits per heavy atom. The number of nitrogens with zero attached hydrogens (tertiary/aromatic N) is 5. The van der Waals surface area contributed by atoms with Crippen molar-refractivity contribution in [2.45, 2.75) is 6.92 Å². The predicted molar refractivity (Wildman–Crippen MR) is 99.2 cm³/mol. The number of nitrogens with one attached hydrogen (secondary N) is 1. The predicted octanol–water partition coefficient (Wildman–Crippen LogP) is 2.92. The molecule has 4 aromatic rings. The lowest BCUT2D eigenvalue weighted by atomic mass is 10.3. The quantitative estimate of drug-likeness (QED) is 0.583. The molecule has 0 fully saturated rings. The van der Waals surface area contributed by atoms with E-state index in [0.29, 0.717) is 26.9 Å². The van der Waals surface area contributed by atoms with E-state index in [4.69, 9.17) is 4.74 Å². The number of anilines is 1. The van der Waals surface area contributed by atoms with E-state index in [0.717, 1.165) is 0 Å². The summed E-state index contributed by atoms with van der Waals surface area (Å²) in [5, 5.41) is 11.7. The van der Waals surface area contributed by atoms with Gasteiger partial charge in [0, 0.05) is 19.3 Å². The SMILES string of the molecule is COc1nn(C)cc1C(=O)Nc1cc(C)nn1-c1nc2c(F)cccc2s1. The molecule has 0 unspecified atom stereocenters. The molecule has 0 saturated carbocycles. The summed E-state index contributed by atoms with van der Waals surface area (Å²) in [6.45, 7) is 1.80. The highest BCUT2D eigenvalue weighted by atomic mass is 32.1. The monoisotopic (exact) mass is 386 g/mol. The normalized spacial score (nSPS) is 11.1. The molecule has 8 nitrogen and oxygen atoms in total. The smallest absolute Gasteiger partial charge is 0.263 e. The molecule has 0 aliphatic heterocycles. The summed E-state index contributed by atoms with van der Waals surface area (Å²) in [7, 11) is 3.15. The lowest BCUT2D eigenvalue weighted by Gasteiger charge is -2.06. The molecule has 0 spiro atoms. The summed E-state index contributed by atoms with van der Waals surface area (Å²) in [6.07, 6.45) is 1.56. The number of carbonyl (C=O) groups is 1. The Bertz CT molecular complexity index is 1160. The van der Waals surface area contributed by atoms with Gasteiger partial charge in [-0.25, -0.2) is 9.37 Å². The molecule has 0 saturated heterocycles. The van der Waals surface area contributed by atoms with Gasteiger partial charge >= 0.3 is 0 Å². The first-order chi connectivity index (χ1) is 13.0. The van der Waals surface area contributed by atoms with Crippen LogP contribution in [0.15, 0.2) is 30.5 Å². The maximum Gasteiger partial charge on any atom is 0.263 e. The fraction of sp³-hybridized carbons (Fsp3) is 0.176. The minimum Gasteiger partial charge on any atom is -0.479 e. The Labute approximate surface area is 157 Å². The van der Waals surface area contributed by atoms with Crippen LogP contribution in [0, 0.1) is 12.7 Å². The molecule has 0 aliphatic rings. The number of para-hydroxylation sites is 1. The fourth-order valence-electron chi connectivity index (χ4n) is 2.69. The molecule has 138 valence electrons. The largest absolute Gasteiger partial charge is 0.479 e. The van der Waals surface area contributed by atoms with E-state index in [-0.39, 0.29) is 11.4 Å². The van der Waals surface area contributed by atoms with E-state index >= 15 is 0 Å². The first-order valence-corrected chi connectivity index (χ1v) is 8.79. The Kier molecular flexibility index (Phi) is 4.11. The zero-order chi connectivity index (χ0) is 19.1. The minimum atomic E-state index is -0.399. The highest BCUT2D eigenvalue weighted by Gasteiger charge is 2.20. The number of aromatic nitrogens is 5. The van der Waals surface area contributed by atoms with E-state index in [1.165, 1.54) is 33.9 Å². The van der Waals surface area contributed by atoms with Crippen molar-refractivity contribution in [2.75, 3.05) is 12.4 Å². The van der Waals surface area contributed by atoms with Gasteiger partial charge in [-0.2, -0.15) is 9.78 Å². The van der Waals surface area contributed by atoms with E-state index in [2.05, 4.69) is 20.5 Å². The number of thiazole rings is 1. The first kappa shape index (κ1) is 17.2. The topological polar surface area (TPSA) is 86.9 Å². The van der Waals surface area contributed by atoms with Gasteiger partial charge in [0.25, 0.3) is 5.91 Å². The molecule has 0 atom stereocenters. The summed E-state index contributed by atoms with van der Waals surface area (Å²) >= 11 is 1.28. The third kappa shape index (κ3) is 3.04. The summed E-state index contributed by atoms with van der Waals surface area (Å²) in [5.74, 6) is -0.152. The summed E-state index contributed by atoms with van der Waals surface area (Å²) in [6, 6.07) is 6.49. The lowest BCUT2D eigenvalue weighted by molar-refractivity contribution is 0.102. The maximum absolute atomic E-state index is 14.0. The molecule has 0 aliphatic carbocycles. The van der Waals surface area contributed by atoms with E-state index in [9.17, 15) is 9.18 Å². The third-order valence-electron chi connectivity index (χ3n) is 3.85. The molecule has 3 heterocycles. The van der Waals surface area contributed by atoms with Gasteiger partial charge < -0.3 is 10.1 Å². The van der Waals surface area contributed by atoms with Crippen LogP contribution in [-0.2, 0) is 7.05 Å². The lowest BCUT2D eigenvalue weighted by Crippen LogP contribution is -2.15. The van der Waals surface area contributed by atoms with Gasteiger partial charge in [-0.3, -0.25) is 9.48 Å². The number of methoxy groups -OCH3 is 1. The van der Waals surface area contributed by atoms with Crippen molar-refractivity contribution in [3.05, 3.63) is 47.5 Å². The summed E-state index contributed by atoms with van der Waals surface area (Å²) < 4.78 is 22.8. The van der Waals surface area contributed by atoms with Gasteiger partial charge in [0.15, 0.2) is 0 Å². The Morgan fingerprint density at radius 2 is 2.15 bits per heavy atom. The molecule has 0 bridgehead atoms. The number of rotatable bonds is 4. The Morgan fingerprint density at radius 1 is 1.33 bits per heavy atom. The second-order valence-corrected chi connectivity index (χ2v) is 6.85. The first-order valence-electron chi connectivity index (χ1n) is 7.97. The Balaban J connectivity index is 1.72. The number of fused-ring (bicyclic) bond motifs is 1. The van der Waals surface area contributed by atoms with Gasteiger partial charge in [0.2, 0.25) is 11.0 Å². The molecular weight excluding hydrogens is 371 g/mol. The number of benzene rings is 1. The summed E-state index contributed by atoms with van der Waals surface area (Å²) in [4.78, 5) is 17.0. The molecule has 10 heteroatoms. The molecule has 1 aromatic carbocycles. The Hall–Kier alpha value is -3.27. The highest BCUT2D eigenvalue weighted by molar-refractivity contribution is 7.20. The molecule has 27 heavy (non-hydrogen) atoms. The van der Waals surface area contributed by atoms with Gasteiger partial charge in [-0.15, -0.1) is 5.10 Å². The van der Waals surface area contributed by atoms with E-state index < -0.39 is 11.7 Å². The molecule has 0 radical (unpaired) electrons. The molecular formula is C17H15FN6O2S. The van der Waals surface area contributed by atoms with E-state index in [1.54, 1.807) is 38.4 Å². The number of halogens is 1. The summed E-state index contributed by atoms with van der Waals surface area (Å²) in [5.41, 5.74) is 1.25. The zero-order valence-corrected chi connectivity index (χ0v) is 15.5. The van der Waals surface area contributed by atoms with Crippen LogP contribution >= 0.6 is 11.3 Å². The average molecular weight is 386 g/mol. The van der Waals surface area contributed by atoms with Crippen LogP contribution in [0.4, 0.5) is 10.2 Å². The van der Waals surface area contributed by atoms with Crippen molar-refractivity contribution < 1.29 is 13.9 Å². The van der Waals surface area contributed by atoms with Crippen molar-refractivity contribution >= 4 is 33.3 Å². The van der Waals surface area contributed by atoms with E-state index in [1.807, 2.05) is 0 Å². The van der Waals surface area contributed by atoms with Gasteiger partial charge in [-0.05, 0) is 19.1 Å². The number of ether oxygens (including phenoxy) is 1. The number of hydrogen-bond acceptors (Lipinski definition) is 6. The van der Waals surface area contributed by atoms with Crippen LogP contribution in [0.2, 0.25) is 0 Å². The van der Waals surface area contributed by atoms with Crippen molar-refractivity contribution in [1.29, 1.82) is 0 Å². The standard InChI is InChI=1S/C17H15FN6O2S/c1-9-7-13(19-15(25)10-8-23(2)22-16(10)26-3)24(21-9)17-20-14-11(18)5-4-6-12(14)27-17/h4-8H,1-3H3,(H,19,25).